The highest BCUT2D eigenvalue weighted by atomic mass is 19.1. The van der Waals surface area contributed by atoms with Crippen LogP contribution in [-0.2, 0) is 0 Å². The maximum Gasteiger partial charge on any atom is 0.174 e. The summed E-state index contributed by atoms with van der Waals surface area (Å²) >= 11 is 0. The maximum absolute atomic E-state index is 13.3. The van der Waals surface area contributed by atoms with Crippen LogP contribution in [0.2, 0.25) is 0 Å². The van der Waals surface area contributed by atoms with Crippen molar-refractivity contribution >= 4 is 11.4 Å². The topological polar surface area (TPSA) is 92.5 Å². The van der Waals surface area contributed by atoms with E-state index in [-0.39, 0.29) is 22.5 Å². The molecule has 0 fully saturated rings. The molecule has 2 aromatic carbocycles. The van der Waals surface area contributed by atoms with E-state index in [9.17, 15) is 19.0 Å². The Morgan fingerprint density at radius 3 is 1.33 bits per heavy atom. The first kappa shape index (κ1) is 12.0. The molecule has 0 aliphatic heterocycles. The molecule has 0 amide bonds. The standard InChI is InChI=1S/C12H10F2N2O2/c13-7-1-5(3-9(15)11(7)17)6-2-8(14)12(18)10(16)4-6/h1-4,17-18H,15-16H2. The van der Waals surface area contributed by atoms with Crippen LogP contribution in [0.5, 0.6) is 11.5 Å². The first-order valence-corrected chi connectivity index (χ1v) is 4.96. The average molecular weight is 252 g/mol. The van der Waals surface area contributed by atoms with Crippen LogP contribution in [-0.4, -0.2) is 10.2 Å². The van der Waals surface area contributed by atoms with Gasteiger partial charge in [-0.15, -0.1) is 0 Å². The summed E-state index contributed by atoms with van der Waals surface area (Å²) in [6, 6.07) is 4.56. The summed E-state index contributed by atoms with van der Waals surface area (Å²) in [6.45, 7) is 0. The number of halogens is 2. The lowest BCUT2D eigenvalue weighted by atomic mass is 10.0. The van der Waals surface area contributed by atoms with Crippen molar-refractivity contribution in [2.45, 2.75) is 0 Å². The number of nitrogens with two attached hydrogens (primary N) is 2. The normalized spacial score (nSPS) is 10.6. The largest absolute Gasteiger partial charge is 0.503 e. The lowest BCUT2D eigenvalue weighted by molar-refractivity contribution is 0.434. The van der Waals surface area contributed by atoms with E-state index in [1.807, 2.05) is 0 Å². The van der Waals surface area contributed by atoms with Crippen molar-refractivity contribution in [1.82, 2.24) is 0 Å². The maximum atomic E-state index is 13.3. The van der Waals surface area contributed by atoms with Crippen LogP contribution >= 0.6 is 0 Å². The third kappa shape index (κ3) is 1.88. The summed E-state index contributed by atoms with van der Waals surface area (Å²) in [5.41, 5.74) is 10.9. The van der Waals surface area contributed by atoms with Gasteiger partial charge in [0, 0.05) is 0 Å². The Morgan fingerprint density at radius 2 is 1.06 bits per heavy atom. The number of phenols is 2. The second-order valence-corrected chi connectivity index (χ2v) is 3.79. The third-order valence-corrected chi connectivity index (χ3v) is 2.52. The summed E-state index contributed by atoms with van der Waals surface area (Å²) in [5, 5.41) is 18.4. The second kappa shape index (κ2) is 4.06. The van der Waals surface area contributed by atoms with Crippen LogP contribution in [0.4, 0.5) is 20.2 Å². The van der Waals surface area contributed by atoms with Gasteiger partial charge in [0.25, 0.3) is 0 Å². The van der Waals surface area contributed by atoms with Gasteiger partial charge in [-0.3, -0.25) is 0 Å². The van der Waals surface area contributed by atoms with Gasteiger partial charge in [-0.2, -0.15) is 0 Å². The molecule has 94 valence electrons. The molecular formula is C12H10F2N2O2. The van der Waals surface area contributed by atoms with Crippen LogP contribution < -0.4 is 11.5 Å². The highest BCUT2D eigenvalue weighted by molar-refractivity contribution is 5.74. The molecule has 0 saturated heterocycles. The number of hydrogen-bond donors (Lipinski definition) is 4. The Hall–Kier alpha value is -2.50. The molecule has 0 aliphatic rings. The highest BCUT2D eigenvalue weighted by Gasteiger charge is 2.12. The van der Waals surface area contributed by atoms with E-state index in [1.165, 1.54) is 12.1 Å². The fraction of sp³-hybridized carbons (Fsp3) is 0. The van der Waals surface area contributed by atoms with Gasteiger partial charge < -0.3 is 21.7 Å². The zero-order chi connectivity index (χ0) is 13.4. The van der Waals surface area contributed by atoms with Crippen molar-refractivity contribution < 1.29 is 19.0 Å². The minimum atomic E-state index is -0.919. The Morgan fingerprint density at radius 1 is 0.722 bits per heavy atom. The molecule has 6 N–H and O–H groups in total. The molecule has 4 nitrogen and oxygen atoms in total. The summed E-state index contributed by atoms with van der Waals surface area (Å²) in [7, 11) is 0. The fourth-order valence-electron chi connectivity index (χ4n) is 1.57. The summed E-state index contributed by atoms with van der Waals surface area (Å²) in [5.74, 6) is -3.16. The van der Waals surface area contributed by atoms with E-state index >= 15 is 0 Å². The Bertz CT molecular complexity index is 528. The van der Waals surface area contributed by atoms with Crippen molar-refractivity contribution in [1.29, 1.82) is 0 Å². The molecule has 0 heterocycles. The summed E-state index contributed by atoms with van der Waals surface area (Å²) in [4.78, 5) is 0. The Labute approximate surface area is 101 Å². The number of benzene rings is 2. The fourth-order valence-corrected chi connectivity index (χ4v) is 1.57. The number of aromatic hydroxyl groups is 2. The summed E-state index contributed by atoms with van der Waals surface area (Å²) < 4.78 is 26.6. The molecule has 2 rings (SSSR count). The first-order chi connectivity index (χ1) is 8.40. The Balaban J connectivity index is 2.63. The van der Waals surface area contributed by atoms with Gasteiger partial charge in [0.1, 0.15) is 0 Å². The molecular weight excluding hydrogens is 242 g/mol. The number of nitrogen functional groups attached to an aromatic ring is 2. The number of rotatable bonds is 1. The molecule has 0 atom stereocenters. The molecule has 0 aliphatic carbocycles. The molecule has 0 bridgehead atoms. The van der Waals surface area contributed by atoms with E-state index < -0.39 is 23.1 Å². The molecule has 0 spiro atoms. The van der Waals surface area contributed by atoms with Crippen LogP contribution in [0, 0.1) is 11.6 Å². The van der Waals surface area contributed by atoms with Gasteiger partial charge in [0.15, 0.2) is 23.1 Å². The lowest BCUT2D eigenvalue weighted by Crippen LogP contribution is -1.93. The van der Waals surface area contributed by atoms with Gasteiger partial charge in [-0.05, 0) is 35.4 Å². The van der Waals surface area contributed by atoms with Crippen molar-refractivity contribution in [2.24, 2.45) is 0 Å². The van der Waals surface area contributed by atoms with Crippen LogP contribution in [0.15, 0.2) is 24.3 Å². The number of phenolic OH excluding ortho intramolecular Hbond substituents is 2. The van der Waals surface area contributed by atoms with E-state index in [0.717, 1.165) is 12.1 Å². The van der Waals surface area contributed by atoms with E-state index in [4.69, 9.17) is 11.5 Å². The molecule has 0 saturated carbocycles. The van der Waals surface area contributed by atoms with Crippen LogP contribution in [0.3, 0.4) is 0 Å². The lowest BCUT2D eigenvalue weighted by Gasteiger charge is -2.08. The zero-order valence-corrected chi connectivity index (χ0v) is 9.11. The van der Waals surface area contributed by atoms with Crippen molar-refractivity contribution in [3.63, 3.8) is 0 Å². The monoisotopic (exact) mass is 252 g/mol. The number of anilines is 2. The molecule has 6 heteroatoms. The first-order valence-electron chi connectivity index (χ1n) is 4.96. The quantitative estimate of drug-likeness (QED) is 0.462. The minimum absolute atomic E-state index is 0.169. The molecule has 0 aromatic heterocycles. The zero-order valence-electron chi connectivity index (χ0n) is 9.11. The van der Waals surface area contributed by atoms with Crippen molar-refractivity contribution in [3.05, 3.63) is 35.9 Å². The van der Waals surface area contributed by atoms with E-state index in [2.05, 4.69) is 0 Å². The van der Waals surface area contributed by atoms with E-state index in [1.54, 1.807) is 0 Å². The predicted octanol–water partition coefficient (Wildman–Crippen LogP) is 2.21. The van der Waals surface area contributed by atoms with Crippen molar-refractivity contribution in [2.75, 3.05) is 11.5 Å². The van der Waals surface area contributed by atoms with Gasteiger partial charge in [-0.25, -0.2) is 8.78 Å². The van der Waals surface area contributed by atoms with Gasteiger partial charge >= 0.3 is 0 Å². The Kier molecular flexibility index (Phi) is 2.70. The van der Waals surface area contributed by atoms with Crippen LogP contribution in [0.25, 0.3) is 11.1 Å². The molecule has 0 unspecified atom stereocenters. The predicted molar refractivity (Wildman–Crippen MR) is 63.9 cm³/mol. The highest BCUT2D eigenvalue weighted by Crippen LogP contribution is 2.34. The van der Waals surface area contributed by atoms with E-state index in [0.29, 0.717) is 0 Å². The average Bonchev–Trinajstić information content (AvgIpc) is 2.31. The van der Waals surface area contributed by atoms with Gasteiger partial charge in [0.05, 0.1) is 11.4 Å². The summed E-state index contributed by atoms with van der Waals surface area (Å²) in [6.07, 6.45) is 0. The van der Waals surface area contributed by atoms with Gasteiger partial charge in [0.2, 0.25) is 0 Å². The second-order valence-electron chi connectivity index (χ2n) is 3.79. The van der Waals surface area contributed by atoms with Crippen molar-refractivity contribution in [3.8, 4) is 22.6 Å². The van der Waals surface area contributed by atoms with Gasteiger partial charge in [-0.1, -0.05) is 0 Å². The molecule has 2 aromatic rings. The minimum Gasteiger partial charge on any atom is -0.503 e. The van der Waals surface area contributed by atoms with Crippen LogP contribution in [0.1, 0.15) is 0 Å². The third-order valence-electron chi connectivity index (χ3n) is 2.52. The smallest absolute Gasteiger partial charge is 0.174 e. The molecule has 0 radical (unpaired) electrons. The SMILES string of the molecule is Nc1cc(-c2cc(N)c(O)c(F)c2)cc(F)c1O. The number of hydrogen-bond acceptors (Lipinski definition) is 4. The molecule has 18 heavy (non-hydrogen) atoms.